The van der Waals surface area contributed by atoms with Crippen molar-refractivity contribution >= 4 is 23.2 Å². The third kappa shape index (κ3) is 3.80. The molecule has 0 spiro atoms. The number of fused-ring (bicyclic) bond motifs is 1. The Morgan fingerprint density at radius 2 is 2.08 bits per heavy atom. The number of amides is 1. The third-order valence-corrected chi connectivity index (χ3v) is 5.12. The number of methoxy groups -OCH3 is 1. The van der Waals surface area contributed by atoms with Crippen LogP contribution in [0.15, 0.2) is 36.4 Å². The highest BCUT2D eigenvalue weighted by molar-refractivity contribution is 6.31. The predicted octanol–water partition coefficient (Wildman–Crippen LogP) is 4.26. The largest absolute Gasteiger partial charge is 0.495 e. The number of hydrogen-bond acceptors (Lipinski definition) is 3. The topological polar surface area (TPSA) is 50.4 Å². The van der Waals surface area contributed by atoms with Gasteiger partial charge >= 0.3 is 0 Å². The standard InChI is InChI=1S/C20H23ClN2O2/c1-12-10-18(19(25-3)11-16(12)21)23-20(24)13(2)22-17-9-8-14-6-4-5-7-15(14)17/h4-7,10-11,13,17,22H,8-9H2,1-3H3,(H,23,24). The van der Waals surface area contributed by atoms with Crippen molar-refractivity contribution in [3.63, 3.8) is 0 Å². The molecule has 25 heavy (non-hydrogen) atoms. The fourth-order valence-corrected chi connectivity index (χ4v) is 3.43. The zero-order valence-electron chi connectivity index (χ0n) is 14.7. The molecule has 132 valence electrons. The van der Waals surface area contributed by atoms with Gasteiger partial charge in [-0.1, -0.05) is 35.9 Å². The summed E-state index contributed by atoms with van der Waals surface area (Å²) in [6, 6.07) is 11.8. The minimum Gasteiger partial charge on any atom is -0.495 e. The lowest BCUT2D eigenvalue weighted by atomic mass is 10.1. The van der Waals surface area contributed by atoms with Gasteiger partial charge in [-0.2, -0.15) is 0 Å². The molecule has 2 atom stereocenters. The van der Waals surface area contributed by atoms with Crippen molar-refractivity contribution in [2.24, 2.45) is 0 Å². The van der Waals surface area contributed by atoms with Gasteiger partial charge in [0.15, 0.2) is 0 Å². The highest BCUT2D eigenvalue weighted by atomic mass is 35.5. The van der Waals surface area contributed by atoms with Gasteiger partial charge in [-0.25, -0.2) is 0 Å². The van der Waals surface area contributed by atoms with E-state index in [4.69, 9.17) is 16.3 Å². The van der Waals surface area contributed by atoms with Crippen LogP contribution in [0.3, 0.4) is 0 Å². The average molecular weight is 359 g/mol. The van der Waals surface area contributed by atoms with Gasteiger partial charge < -0.3 is 10.1 Å². The number of carbonyl (C=O) groups excluding carboxylic acids is 1. The third-order valence-electron chi connectivity index (χ3n) is 4.72. The van der Waals surface area contributed by atoms with E-state index >= 15 is 0 Å². The molecule has 0 saturated carbocycles. The zero-order valence-corrected chi connectivity index (χ0v) is 15.5. The van der Waals surface area contributed by atoms with Crippen LogP contribution in [0.4, 0.5) is 5.69 Å². The van der Waals surface area contributed by atoms with E-state index in [1.54, 1.807) is 13.2 Å². The molecule has 2 aromatic carbocycles. The number of aryl methyl sites for hydroxylation is 2. The molecule has 0 bridgehead atoms. The van der Waals surface area contributed by atoms with Gasteiger partial charge in [-0.3, -0.25) is 10.1 Å². The molecule has 0 saturated heterocycles. The smallest absolute Gasteiger partial charge is 0.241 e. The van der Waals surface area contributed by atoms with Crippen LogP contribution in [0.1, 0.15) is 36.1 Å². The molecule has 0 aliphatic heterocycles. The van der Waals surface area contributed by atoms with Crippen molar-refractivity contribution in [1.82, 2.24) is 5.32 Å². The van der Waals surface area contributed by atoms with Gasteiger partial charge in [0.05, 0.1) is 18.8 Å². The van der Waals surface area contributed by atoms with Crippen molar-refractivity contribution in [2.45, 2.75) is 38.8 Å². The summed E-state index contributed by atoms with van der Waals surface area (Å²) in [5.74, 6) is 0.465. The highest BCUT2D eigenvalue weighted by Crippen LogP contribution is 2.32. The second-order valence-corrected chi connectivity index (χ2v) is 6.88. The van der Waals surface area contributed by atoms with Crippen molar-refractivity contribution in [3.05, 3.63) is 58.1 Å². The first-order valence-electron chi connectivity index (χ1n) is 8.48. The lowest BCUT2D eigenvalue weighted by Gasteiger charge is -2.21. The summed E-state index contributed by atoms with van der Waals surface area (Å²) in [4.78, 5) is 12.6. The second kappa shape index (κ2) is 7.46. The lowest BCUT2D eigenvalue weighted by Crippen LogP contribution is -2.39. The van der Waals surface area contributed by atoms with E-state index in [0.717, 1.165) is 18.4 Å². The van der Waals surface area contributed by atoms with E-state index in [9.17, 15) is 4.79 Å². The Labute approximate surface area is 153 Å². The molecule has 2 unspecified atom stereocenters. The van der Waals surface area contributed by atoms with Gasteiger partial charge in [0.1, 0.15) is 5.75 Å². The molecular weight excluding hydrogens is 336 g/mol. The molecule has 5 heteroatoms. The molecule has 1 aliphatic carbocycles. The predicted molar refractivity (Wildman–Crippen MR) is 101 cm³/mol. The molecular formula is C20H23ClN2O2. The van der Waals surface area contributed by atoms with Crippen LogP contribution in [-0.2, 0) is 11.2 Å². The Hall–Kier alpha value is -2.04. The highest BCUT2D eigenvalue weighted by Gasteiger charge is 2.25. The molecule has 0 fully saturated rings. The number of benzene rings is 2. The van der Waals surface area contributed by atoms with Gasteiger partial charge in [-0.05, 0) is 49.4 Å². The second-order valence-electron chi connectivity index (χ2n) is 6.47. The summed E-state index contributed by atoms with van der Waals surface area (Å²) < 4.78 is 5.32. The zero-order chi connectivity index (χ0) is 18.0. The molecule has 0 aromatic heterocycles. The number of carbonyl (C=O) groups is 1. The van der Waals surface area contributed by atoms with E-state index in [1.165, 1.54) is 11.1 Å². The average Bonchev–Trinajstić information content (AvgIpc) is 3.01. The van der Waals surface area contributed by atoms with Crippen molar-refractivity contribution in [3.8, 4) is 5.75 Å². The fraction of sp³-hybridized carbons (Fsp3) is 0.350. The summed E-state index contributed by atoms with van der Waals surface area (Å²) in [7, 11) is 1.56. The number of rotatable bonds is 5. The SMILES string of the molecule is COc1cc(Cl)c(C)cc1NC(=O)C(C)NC1CCc2ccccc21. The maximum absolute atomic E-state index is 12.6. The summed E-state index contributed by atoms with van der Waals surface area (Å²) in [5.41, 5.74) is 4.18. The van der Waals surface area contributed by atoms with Gasteiger partial charge in [0.2, 0.25) is 5.91 Å². The van der Waals surface area contributed by atoms with E-state index in [2.05, 4.69) is 28.8 Å². The molecule has 2 N–H and O–H groups in total. The number of anilines is 1. The van der Waals surface area contributed by atoms with Crippen LogP contribution in [-0.4, -0.2) is 19.1 Å². The van der Waals surface area contributed by atoms with Crippen LogP contribution in [0, 0.1) is 6.92 Å². The summed E-state index contributed by atoms with van der Waals surface area (Å²) in [6.45, 7) is 3.78. The van der Waals surface area contributed by atoms with Gasteiger partial charge in [-0.15, -0.1) is 0 Å². The van der Waals surface area contributed by atoms with Crippen LogP contribution < -0.4 is 15.4 Å². The number of ether oxygens (including phenoxy) is 1. The van der Waals surface area contributed by atoms with Crippen molar-refractivity contribution in [2.75, 3.05) is 12.4 Å². The Morgan fingerprint density at radius 3 is 2.84 bits per heavy atom. The maximum Gasteiger partial charge on any atom is 0.241 e. The van der Waals surface area contributed by atoms with Crippen molar-refractivity contribution in [1.29, 1.82) is 0 Å². The Balaban J connectivity index is 1.69. The van der Waals surface area contributed by atoms with Crippen LogP contribution in [0.25, 0.3) is 0 Å². The number of halogens is 1. The molecule has 4 nitrogen and oxygen atoms in total. The summed E-state index contributed by atoms with van der Waals surface area (Å²) in [6.07, 6.45) is 2.06. The van der Waals surface area contributed by atoms with Crippen molar-refractivity contribution < 1.29 is 9.53 Å². The Bertz CT molecular complexity index is 791. The van der Waals surface area contributed by atoms with Crippen LogP contribution in [0.2, 0.25) is 5.02 Å². The van der Waals surface area contributed by atoms with E-state index in [1.807, 2.05) is 26.0 Å². The molecule has 0 radical (unpaired) electrons. The fourth-order valence-electron chi connectivity index (χ4n) is 3.28. The van der Waals surface area contributed by atoms with E-state index in [0.29, 0.717) is 16.5 Å². The molecule has 0 heterocycles. The molecule has 2 aromatic rings. The maximum atomic E-state index is 12.6. The van der Waals surface area contributed by atoms with Gasteiger partial charge in [0, 0.05) is 17.1 Å². The molecule has 3 rings (SSSR count). The number of nitrogens with one attached hydrogen (secondary N) is 2. The summed E-state index contributed by atoms with van der Waals surface area (Å²) in [5, 5.41) is 7.00. The Morgan fingerprint density at radius 1 is 1.32 bits per heavy atom. The normalized spacial score (nSPS) is 17.0. The van der Waals surface area contributed by atoms with E-state index < -0.39 is 0 Å². The van der Waals surface area contributed by atoms with E-state index in [-0.39, 0.29) is 18.0 Å². The van der Waals surface area contributed by atoms with Gasteiger partial charge in [0.25, 0.3) is 0 Å². The quantitative estimate of drug-likeness (QED) is 0.839. The first-order chi connectivity index (χ1) is 12.0. The van der Waals surface area contributed by atoms with Crippen LogP contribution in [0.5, 0.6) is 5.75 Å². The first-order valence-corrected chi connectivity index (χ1v) is 8.86. The first kappa shape index (κ1) is 17.8. The summed E-state index contributed by atoms with van der Waals surface area (Å²) >= 11 is 6.12. The minimum absolute atomic E-state index is 0.0931. The Kier molecular flexibility index (Phi) is 5.30. The minimum atomic E-state index is -0.322. The lowest BCUT2D eigenvalue weighted by molar-refractivity contribution is -0.118. The van der Waals surface area contributed by atoms with Crippen LogP contribution >= 0.6 is 11.6 Å². The number of hydrogen-bond donors (Lipinski definition) is 2. The monoisotopic (exact) mass is 358 g/mol. The molecule has 1 amide bonds. The molecule has 1 aliphatic rings.